The number of hydrogen-bond acceptors (Lipinski definition) is 0. The fraction of sp³-hybridized carbons (Fsp3) is 1.00. The molecule has 0 heteroatoms. The van der Waals surface area contributed by atoms with Gasteiger partial charge in [0, 0.05) is 0 Å². The zero-order valence-corrected chi connectivity index (χ0v) is 15.1. The summed E-state index contributed by atoms with van der Waals surface area (Å²) in [6.07, 6.45) is 21.0. The molecule has 0 bridgehead atoms. The van der Waals surface area contributed by atoms with E-state index in [0.29, 0.717) is 5.41 Å². The van der Waals surface area contributed by atoms with Crippen molar-refractivity contribution < 1.29 is 0 Å². The predicted molar refractivity (Wildman–Crippen MR) is 94.6 cm³/mol. The number of fused-ring (bicyclic) bond motifs is 1. The molecular weight excluding hydrogens is 252 g/mol. The highest BCUT2D eigenvalue weighted by molar-refractivity contribution is 4.88. The molecule has 0 heterocycles. The monoisotopic (exact) mass is 292 g/mol. The second-order valence-electron chi connectivity index (χ2n) is 8.44. The van der Waals surface area contributed by atoms with Gasteiger partial charge in [-0.25, -0.2) is 0 Å². The minimum Gasteiger partial charge on any atom is -0.0649 e. The highest BCUT2D eigenvalue weighted by Crippen LogP contribution is 2.49. The standard InChI is InChI=1S/C21H40/c1-4-21(3,5-2)20-14-12-10-8-6-7-9-11-13-18-17-19(18)15-16-20/h18-20H,4-17H2,1-3H3. The summed E-state index contributed by atoms with van der Waals surface area (Å²) in [5.74, 6) is 3.24. The van der Waals surface area contributed by atoms with Crippen molar-refractivity contribution in [2.45, 2.75) is 111 Å². The second-order valence-corrected chi connectivity index (χ2v) is 8.44. The van der Waals surface area contributed by atoms with Crippen molar-refractivity contribution in [3.63, 3.8) is 0 Å². The first-order chi connectivity index (χ1) is 10.2. The van der Waals surface area contributed by atoms with E-state index in [-0.39, 0.29) is 0 Å². The van der Waals surface area contributed by atoms with Gasteiger partial charge in [0.2, 0.25) is 0 Å². The SMILES string of the molecule is CCC(C)(CC)C1CCCCCCCCCC2CC2CC1. The van der Waals surface area contributed by atoms with Gasteiger partial charge in [-0.2, -0.15) is 0 Å². The summed E-state index contributed by atoms with van der Waals surface area (Å²) in [4.78, 5) is 0. The van der Waals surface area contributed by atoms with Crippen LogP contribution in [0.15, 0.2) is 0 Å². The molecule has 0 N–H and O–H groups in total. The molecule has 2 fully saturated rings. The highest BCUT2D eigenvalue weighted by atomic mass is 14.4. The van der Waals surface area contributed by atoms with E-state index in [1.165, 1.54) is 70.6 Å². The lowest BCUT2D eigenvalue weighted by atomic mass is 9.69. The molecule has 2 aliphatic carbocycles. The highest BCUT2D eigenvalue weighted by Gasteiger charge is 2.38. The van der Waals surface area contributed by atoms with Crippen molar-refractivity contribution in [2.24, 2.45) is 23.2 Å². The Morgan fingerprint density at radius 3 is 1.81 bits per heavy atom. The third-order valence-corrected chi connectivity index (χ3v) is 7.18. The van der Waals surface area contributed by atoms with E-state index in [1.54, 1.807) is 19.3 Å². The first-order valence-corrected chi connectivity index (χ1v) is 10.2. The van der Waals surface area contributed by atoms with E-state index in [9.17, 15) is 0 Å². The zero-order chi connectivity index (χ0) is 15.1. The van der Waals surface area contributed by atoms with Crippen LogP contribution in [0.2, 0.25) is 0 Å². The summed E-state index contributed by atoms with van der Waals surface area (Å²) in [7, 11) is 0. The van der Waals surface area contributed by atoms with Crippen LogP contribution >= 0.6 is 0 Å². The Kier molecular flexibility index (Phi) is 7.10. The van der Waals surface area contributed by atoms with Crippen LogP contribution in [-0.2, 0) is 0 Å². The molecule has 3 atom stereocenters. The van der Waals surface area contributed by atoms with Crippen molar-refractivity contribution in [2.75, 3.05) is 0 Å². The molecule has 0 saturated heterocycles. The first-order valence-electron chi connectivity index (χ1n) is 10.2. The van der Waals surface area contributed by atoms with Crippen LogP contribution in [0.4, 0.5) is 0 Å². The summed E-state index contributed by atoms with van der Waals surface area (Å²) in [6.45, 7) is 7.43. The topological polar surface area (TPSA) is 0 Å². The maximum absolute atomic E-state index is 2.57. The Bertz CT molecular complexity index is 276. The summed E-state index contributed by atoms with van der Waals surface area (Å²) >= 11 is 0. The van der Waals surface area contributed by atoms with Crippen molar-refractivity contribution in [3.8, 4) is 0 Å². The molecule has 0 radical (unpaired) electrons. The van der Waals surface area contributed by atoms with E-state index >= 15 is 0 Å². The van der Waals surface area contributed by atoms with Gasteiger partial charge in [0.15, 0.2) is 0 Å². The third kappa shape index (κ3) is 5.29. The summed E-state index contributed by atoms with van der Waals surface area (Å²) in [6, 6.07) is 0. The Hall–Kier alpha value is 0. The van der Waals surface area contributed by atoms with Crippen LogP contribution in [-0.4, -0.2) is 0 Å². The first kappa shape index (κ1) is 17.4. The molecule has 2 aliphatic rings. The van der Waals surface area contributed by atoms with Gasteiger partial charge in [-0.3, -0.25) is 0 Å². The number of hydrogen-bond donors (Lipinski definition) is 0. The molecule has 0 spiro atoms. The van der Waals surface area contributed by atoms with E-state index < -0.39 is 0 Å². The van der Waals surface area contributed by atoms with Crippen LogP contribution in [0.5, 0.6) is 0 Å². The fourth-order valence-corrected chi connectivity index (χ4v) is 4.78. The van der Waals surface area contributed by atoms with Crippen LogP contribution in [0.1, 0.15) is 111 Å². The van der Waals surface area contributed by atoms with Gasteiger partial charge < -0.3 is 0 Å². The molecule has 0 aromatic heterocycles. The van der Waals surface area contributed by atoms with Crippen molar-refractivity contribution in [1.29, 1.82) is 0 Å². The van der Waals surface area contributed by atoms with Crippen LogP contribution in [0.3, 0.4) is 0 Å². The average Bonchev–Trinajstić information content (AvgIpc) is 3.25. The summed E-state index contributed by atoms with van der Waals surface area (Å²) in [5.41, 5.74) is 0.613. The molecule has 3 unspecified atom stereocenters. The van der Waals surface area contributed by atoms with Gasteiger partial charge in [-0.15, -0.1) is 0 Å². The van der Waals surface area contributed by atoms with E-state index in [0.717, 1.165) is 17.8 Å². The fourth-order valence-electron chi connectivity index (χ4n) is 4.78. The molecule has 0 amide bonds. The van der Waals surface area contributed by atoms with E-state index in [2.05, 4.69) is 20.8 Å². The Labute approximate surface area is 134 Å². The Balaban J connectivity index is 1.88. The molecule has 0 aromatic carbocycles. The van der Waals surface area contributed by atoms with Gasteiger partial charge in [-0.05, 0) is 48.9 Å². The Morgan fingerprint density at radius 2 is 1.19 bits per heavy atom. The average molecular weight is 293 g/mol. The van der Waals surface area contributed by atoms with Crippen LogP contribution < -0.4 is 0 Å². The predicted octanol–water partition coefficient (Wildman–Crippen LogP) is 7.37. The quantitative estimate of drug-likeness (QED) is 0.509. The maximum Gasteiger partial charge on any atom is -0.0303 e. The minimum atomic E-state index is 0.613. The largest absolute Gasteiger partial charge is 0.0649 e. The maximum atomic E-state index is 2.57. The normalized spacial score (nSPS) is 33.0. The lowest BCUT2D eigenvalue weighted by molar-refractivity contribution is 0.139. The second kappa shape index (κ2) is 8.59. The Morgan fingerprint density at radius 1 is 0.667 bits per heavy atom. The van der Waals surface area contributed by atoms with Gasteiger partial charge >= 0.3 is 0 Å². The molecule has 124 valence electrons. The molecule has 2 saturated carbocycles. The summed E-state index contributed by atoms with van der Waals surface area (Å²) in [5, 5.41) is 0. The number of rotatable bonds is 3. The molecular formula is C21H40. The lowest BCUT2D eigenvalue weighted by Crippen LogP contribution is -2.26. The van der Waals surface area contributed by atoms with Crippen LogP contribution in [0, 0.1) is 23.2 Å². The van der Waals surface area contributed by atoms with Gasteiger partial charge in [0.1, 0.15) is 0 Å². The molecule has 0 aliphatic heterocycles. The van der Waals surface area contributed by atoms with Gasteiger partial charge in [0.05, 0.1) is 0 Å². The molecule has 21 heavy (non-hydrogen) atoms. The molecule has 2 rings (SSSR count). The van der Waals surface area contributed by atoms with E-state index in [1.807, 2.05) is 0 Å². The lowest BCUT2D eigenvalue weighted by Gasteiger charge is -2.37. The van der Waals surface area contributed by atoms with Gasteiger partial charge in [-0.1, -0.05) is 85.0 Å². The van der Waals surface area contributed by atoms with Gasteiger partial charge in [0.25, 0.3) is 0 Å². The minimum absolute atomic E-state index is 0.613. The smallest absolute Gasteiger partial charge is 0.0303 e. The molecule has 0 nitrogen and oxygen atoms in total. The third-order valence-electron chi connectivity index (χ3n) is 7.18. The van der Waals surface area contributed by atoms with E-state index in [4.69, 9.17) is 0 Å². The van der Waals surface area contributed by atoms with Crippen LogP contribution in [0.25, 0.3) is 0 Å². The van der Waals surface area contributed by atoms with Crippen molar-refractivity contribution in [3.05, 3.63) is 0 Å². The van der Waals surface area contributed by atoms with Crippen molar-refractivity contribution >= 4 is 0 Å². The van der Waals surface area contributed by atoms with Crippen molar-refractivity contribution in [1.82, 2.24) is 0 Å². The summed E-state index contributed by atoms with van der Waals surface area (Å²) < 4.78 is 0. The molecule has 0 aromatic rings. The zero-order valence-electron chi connectivity index (χ0n) is 15.1.